The first kappa shape index (κ1) is 14.1. The molecule has 5 heteroatoms. The predicted octanol–water partition coefficient (Wildman–Crippen LogP) is 1.72. The first-order chi connectivity index (χ1) is 9.45. The maximum atomic E-state index is 12.0. The molecule has 0 spiro atoms. The zero-order chi connectivity index (χ0) is 14.8. The minimum atomic E-state index is -0.623. The van der Waals surface area contributed by atoms with Crippen molar-refractivity contribution < 1.29 is 14.3 Å². The molecule has 0 atom stereocenters. The topological polar surface area (TPSA) is 70.4 Å². The zero-order valence-corrected chi connectivity index (χ0v) is 11.5. The molecule has 104 valence electrons. The van der Waals surface area contributed by atoms with Crippen LogP contribution >= 0.6 is 0 Å². The van der Waals surface area contributed by atoms with Gasteiger partial charge in [-0.1, -0.05) is 26.0 Å². The number of hydrogen-bond donors (Lipinski definition) is 0. The van der Waals surface area contributed by atoms with Crippen molar-refractivity contribution in [2.24, 2.45) is 5.41 Å². The zero-order valence-electron chi connectivity index (χ0n) is 11.5. The summed E-state index contributed by atoms with van der Waals surface area (Å²) in [6.07, 6.45) is 0.237. The molecule has 1 aliphatic heterocycles. The summed E-state index contributed by atoms with van der Waals surface area (Å²) in [6.45, 7) is 3.92. The molecule has 1 aromatic rings. The van der Waals surface area contributed by atoms with Crippen molar-refractivity contribution in [3.05, 3.63) is 29.8 Å². The Morgan fingerprint density at radius 1 is 1.35 bits per heavy atom. The van der Waals surface area contributed by atoms with E-state index in [2.05, 4.69) is 0 Å². The molecule has 0 unspecified atom stereocenters. The number of benzene rings is 1. The van der Waals surface area contributed by atoms with Crippen LogP contribution < -0.4 is 4.74 Å². The molecule has 2 rings (SSSR count). The second-order valence-corrected chi connectivity index (χ2v) is 5.37. The minimum absolute atomic E-state index is 0.167. The summed E-state index contributed by atoms with van der Waals surface area (Å²) in [5, 5.41) is 8.93. The molecular weight excluding hydrogens is 256 g/mol. The third-order valence-electron chi connectivity index (χ3n) is 3.30. The Hall–Kier alpha value is -2.35. The quantitative estimate of drug-likeness (QED) is 0.782. The monoisotopic (exact) mass is 272 g/mol. The van der Waals surface area contributed by atoms with E-state index >= 15 is 0 Å². The van der Waals surface area contributed by atoms with E-state index in [1.165, 1.54) is 4.90 Å². The van der Waals surface area contributed by atoms with Gasteiger partial charge in [0.25, 0.3) is 0 Å². The van der Waals surface area contributed by atoms with Crippen molar-refractivity contribution >= 4 is 11.8 Å². The number of ether oxygens (including phenoxy) is 1. The van der Waals surface area contributed by atoms with Crippen LogP contribution in [0.25, 0.3) is 0 Å². The summed E-state index contributed by atoms with van der Waals surface area (Å²) in [5.74, 6) is 0.130. The minimum Gasteiger partial charge on any atom is -0.490 e. The molecule has 1 fully saturated rings. The van der Waals surface area contributed by atoms with Gasteiger partial charge in [0.15, 0.2) is 0 Å². The smallest absolute Gasteiger partial charge is 0.235 e. The van der Waals surface area contributed by atoms with Crippen molar-refractivity contribution in [3.8, 4) is 11.8 Å². The summed E-state index contributed by atoms with van der Waals surface area (Å²) in [4.78, 5) is 25.0. The fourth-order valence-corrected chi connectivity index (χ4v) is 2.19. The van der Waals surface area contributed by atoms with E-state index in [9.17, 15) is 9.59 Å². The van der Waals surface area contributed by atoms with Gasteiger partial charge in [0.2, 0.25) is 11.8 Å². The normalized spacial score (nSPS) is 17.1. The summed E-state index contributed by atoms with van der Waals surface area (Å²) < 4.78 is 5.49. The average Bonchev–Trinajstić information content (AvgIpc) is 2.61. The van der Waals surface area contributed by atoms with Gasteiger partial charge < -0.3 is 4.74 Å². The molecule has 2 amide bonds. The SMILES string of the molecule is CC1(C)CC(=O)N(CCOc2ccccc2C#N)C1=O. The highest BCUT2D eigenvalue weighted by molar-refractivity contribution is 6.05. The van der Waals surface area contributed by atoms with Crippen molar-refractivity contribution in [1.82, 2.24) is 4.90 Å². The molecule has 0 radical (unpaired) electrons. The standard InChI is InChI=1S/C15H16N2O3/c1-15(2)9-13(18)17(14(15)19)7-8-20-12-6-4-3-5-11(12)10-16/h3-6H,7-9H2,1-2H3. The number of carbonyl (C=O) groups is 2. The van der Waals surface area contributed by atoms with E-state index in [0.29, 0.717) is 11.3 Å². The molecule has 0 saturated carbocycles. The average molecular weight is 272 g/mol. The van der Waals surface area contributed by atoms with Crippen LogP contribution in [-0.2, 0) is 9.59 Å². The highest BCUT2D eigenvalue weighted by atomic mass is 16.5. The second kappa shape index (κ2) is 5.33. The van der Waals surface area contributed by atoms with Gasteiger partial charge in [-0.15, -0.1) is 0 Å². The number of likely N-dealkylation sites (tertiary alicyclic amines) is 1. The predicted molar refractivity (Wildman–Crippen MR) is 71.8 cm³/mol. The summed E-state index contributed by atoms with van der Waals surface area (Å²) in [7, 11) is 0. The van der Waals surface area contributed by atoms with Gasteiger partial charge in [-0.05, 0) is 12.1 Å². The lowest BCUT2D eigenvalue weighted by Crippen LogP contribution is -2.36. The van der Waals surface area contributed by atoms with Gasteiger partial charge in [0.05, 0.1) is 17.5 Å². The van der Waals surface area contributed by atoms with Gasteiger partial charge in [-0.2, -0.15) is 5.26 Å². The molecule has 1 heterocycles. The van der Waals surface area contributed by atoms with Gasteiger partial charge in [0, 0.05) is 6.42 Å². The van der Waals surface area contributed by atoms with Gasteiger partial charge in [0.1, 0.15) is 18.4 Å². The fraction of sp³-hybridized carbons (Fsp3) is 0.400. The third kappa shape index (κ3) is 2.64. The van der Waals surface area contributed by atoms with E-state index < -0.39 is 5.41 Å². The number of para-hydroxylation sites is 1. The number of carbonyl (C=O) groups excluding carboxylic acids is 2. The first-order valence-electron chi connectivity index (χ1n) is 6.42. The Balaban J connectivity index is 1.96. The van der Waals surface area contributed by atoms with Crippen molar-refractivity contribution in [3.63, 3.8) is 0 Å². The van der Waals surface area contributed by atoms with Crippen LogP contribution in [-0.4, -0.2) is 29.9 Å². The Bertz CT molecular complexity index is 587. The van der Waals surface area contributed by atoms with Crippen LogP contribution in [0, 0.1) is 16.7 Å². The van der Waals surface area contributed by atoms with Crippen LogP contribution in [0.4, 0.5) is 0 Å². The van der Waals surface area contributed by atoms with E-state index in [1.54, 1.807) is 38.1 Å². The van der Waals surface area contributed by atoms with Crippen LogP contribution in [0.2, 0.25) is 0 Å². The molecule has 1 aromatic carbocycles. The number of nitriles is 1. The molecule has 0 N–H and O–H groups in total. The number of imide groups is 1. The molecule has 0 bridgehead atoms. The molecule has 5 nitrogen and oxygen atoms in total. The first-order valence-corrected chi connectivity index (χ1v) is 6.42. The van der Waals surface area contributed by atoms with Crippen LogP contribution in [0.3, 0.4) is 0 Å². The lowest BCUT2D eigenvalue weighted by atomic mass is 9.92. The number of nitrogens with zero attached hydrogens (tertiary/aromatic N) is 2. The lowest BCUT2D eigenvalue weighted by molar-refractivity contribution is -0.141. The van der Waals surface area contributed by atoms with E-state index in [1.807, 2.05) is 6.07 Å². The number of rotatable bonds is 4. The maximum absolute atomic E-state index is 12.0. The Labute approximate surface area is 117 Å². The summed E-state index contributed by atoms with van der Waals surface area (Å²) >= 11 is 0. The number of hydrogen-bond acceptors (Lipinski definition) is 4. The molecule has 0 aliphatic carbocycles. The van der Waals surface area contributed by atoms with Crippen LogP contribution in [0.5, 0.6) is 5.75 Å². The third-order valence-corrected chi connectivity index (χ3v) is 3.30. The largest absolute Gasteiger partial charge is 0.490 e. The van der Waals surface area contributed by atoms with Crippen molar-refractivity contribution in [2.75, 3.05) is 13.2 Å². The van der Waals surface area contributed by atoms with Gasteiger partial charge >= 0.3 is 0 Å². The van der Waals surface area contributed by atoms with Crippen molar-refractivity contribution in [1.29, 1.82) is 5.26 Å². The number of amides is 2. The highest BCUT2D eigenvalue weighted by Gasteiger charge is 2.44. The lowest BCUT2D eigenvalue weighted by Gasteiger charge is -2.18. The van der Waals surface area contributed by atoms with Crippen LogP contribution in [0.15, 0.2) is 24.3 Å². The molecule has 0 aromatic heterocycles. The highest BCUT2D eigenvalue weighted by Crippen LogP contribution is 2.31. The van der Waals surface area contributed by atoms with E-state index in [-0.39, 0.29) is 31.4 Å². The Morgan fingerprint density at radius 2 is 2.05 bits per heavy atom. The van der Waals surface area contributed by atoms with E-state index in [0.717, 1.165) is 0 Å². The van der Waals surface area contributed by atoms with Crippen molar-refractivity contribution in [2.45, 2.75) is 20.3 Å². The summed E-state index contributed by atoms with van der Waals surface area (Å²) in [5.41, 5.74) is -0.186. The Morgan fingerprint density at radius 3 is 2.65 bits per heavy atom. The molecular formula is C15H16N2O3. The summed E-state index contributed by atoms with van der Waals surface area (Å²) in [6, 6.07) is 8.90. The second-order valence-electron chi connectivity index (χ2n) is 5.37. The van der Waals surface area contributed by atoms with E-state index in [4.69, 9.17) is 10.00 Å². The van der Waals surface area contributed by atoms with Gasteiger partial charge in [-0.3, -0.25) is 14.5 Å². The van der Waals surface area contributed by atoms with Gasteiger partial charge in [-0.25, -0.2) is 0 Å². The molecule has 20 heavy (non-hydrogen) atoms. The molecule has 1 aliphatic rings. The molecule has 1 saturated heterocycles. The maximum Gasteiger partial charge on any atom is 0.235 e. The van der Waals surface area contributed by atoms with Crippen LogP contribution in [0.1, 0.15) is 25.8 Å². The Kier molecular flexibility index (Phi) is 3.75. The fourth-order valence-electron chi connectivity index (χ4n) is 2.19.